The summed E-state index contributed by atoms with van der Waals surface area (Å²) in [7, 11) is 1.60. The predicted molar refractivity (Wildman–Crippen MR) is 40.6 cm³/mol. The summed E-state index contributed by atoms with van der Waals surface area (Å²) in [6.45, 7) is 0. The van der Waals surface area contributed by atoms with Crippen LogP contribution in [0.25, 0.3) is 0 Å². The zero-order chi connectivity index (χ0) is 7.28. The van der Waals surface area contributed by atoms with E-state index in [1.54, 1.807) is 7.05 Å². The van der Waals surface area contributed by atoms with Gasteiger partial charge in [0.1, 0.15) is 0 Å². The Hall–Kier alpha value is -0.640. The lowest BCUT2D eigenvalue weighted by atomic mass is 10.4. The van der Waals surface area contributed by atoms with Gasteiger partial charge in [0.2, 0.25) is 0 Å². The summed E-state index contributed by atoms with van der Waals surface area (Å²) in [6.07, 6.45) is 2.02. The van der Waals surface area contributed by atoms with Gasteiger partial charge in [-0.3, -0.25) is 9.79 Å². The van der Waals surface area contributed by atoms with E-state index in [0.29, 0.717) is 10.8 Å². The molecular weight excluding hydrogens is 184 g/mol. The minimum atomic E-state index is 0.153. The van der Waals surface area contributed by atoms with Gasteiger partial charge in [-0.25, -0.2) is 0 Å². The van der Waals surface area contributed by atoms with Gasteiger partial charge < -0.3 is 5.73 Å². The lowest BCUT2D eigenvalue weighted by molar-refractivity contribution is -0.104. The third-order valence-corrected chi connectivity index (χ3v) is 1.31. The molecule has 0 amide bonds. The van der Waals surface area contributed by atoms with Gasteiger partial charge in [-0.15, -0.1) is 0 Å². The Balaban J connectivity index is 4.27. The fourth-order valence-corrected chi connectivity index (χ4v) is 0.542. The Morgan fingerprint density at radius 3 is 2.67 bits per heavy atom. The first kappa shape index (κ1) is 8.36. The van der Waals surface area contributed by atoms with Crippen molar-refractivity contribution in [1.29, 1.82) is 0 Å². The van der Waals surface area contributed by atoms with Gasteiger partial charge in [-0.05, 0) is 15.9 Å². The second-order valence-corrected chi connectivity index (χ2v) is 2.16. The van der Waals surface area contributed by atoms with Crippen molar-refractivity contribution in [2.45, 2.75) is 0 Å². The molecule has 3 nitrogen and oxygen atoms in total. The van der Waals surface area contributed by atoms with Gasteiger partial charge in [0.15, 0.2) is 6.29 Å². The van der Waals surface area contributed by atoms with Crippen LogP contribution in [0.1, 0.15) is 0 Å². The summed E-state index contributed by atoms with van der Waals surface area (Å²) >= 11 is 3.04. The van der Waals surface area contributed by atoms with Crippen LogP contribution in [0.5, 0.6) is 0 Å². The summed E-state index contributed by atoms with van der Waals surface area (Å²) in [5.74, 6) is 0. The number of aldehydes is 1. The van der Waals surface area contributed by atoms with Crippen molar-refractivity contribution < 1.29 is 4.79 Å². The third-order valence-electron chi connectivity index (χ3n) is 0.645. The molecule has 9 heavy (non-hydrogen) atoms. The number of carbonyl (C=O) groups is 1. The van der Waals surface area contributed by atoms with Crippen LogP contribution in [0.2, 0.25) is 0 Å². The van der Waals surface area contributed by atoms with E-state index >= 15 is 0 Å². The summed E-state index contributed by atoms with van der Waals surface area (Å²) in [4.78, 5) is 13.6. The highest BCUT2D eigenvalue weighted by Crippen LogP contribution is 2.02. The van der Waals surface area contributed by atoms with Gasteiger partial charge >= 0.3 is 0 Å². The van der Waals surface area contributed by atoms with Gasteiger partial charge in [-0.2, -0.15) is 0 Å². The first-order valence-electron chi connectivity index (χ1n) is 2.25. The molecule has 0 bridgehead atoms. The molecule has 0 rings (SSSR count). The molecule has 2 N–H and O–H groups in total. The van der Waals surface area contributed by atoms with E-state index in [9.17, 15) is 4.79 Å². The molecule has 50 valence electrons. The number of nitrogens with two attached hydrogens (primary N) is 1. The number of hydrogen-bond donors (Lipinski definition) is 1. The van der Waals surface area contributed by atoms with E-state index in [4.69, 9.17) is 5.73 Å². The Morgan fingerprint density at radius 2 is 2.33 bits per heavy atom. The van der Waals surface area contributed by atoms with Crippen LogP contribution in [0.3, 0.4) is 0 Å². The van der Waals surface area contributed by atoms with Crippen molar-refractivity contribution in [2.75, 3.05) is 7.05 Å². The monoisotopic (exact) mass is 190 g/mol. The molecule has 0 aliphatic heterocycles. The Morgan fingerprint density at radius 1 is 1.78 bits per heavy atom. The minimum absolute atomic E-state index is 0.153. The predicted octanol–water partition coefficient (Wildman–Crippen LogP) is 0.451. The van der Waals surface area contributed by atoms with E-state index in [0.717, 1.165) is 0 Å². The van der Waals surface area contributed by atoms with Crippen LogP contribution in [0.15, 0.2) is 15.2 Å². The van der Waals surface area contributed by atoms with E-state index in [-0.39, 0.29) is 5.70 Å². The standard InChI is InChI=1S/C5H7BrN2O/c1-8-2-4(6)5(7)3-9/h2-3H,7H2,1H3. The maximum absolute atomic E-state index is 9.95. The van der Waals surface area contributed by atoms with Gasteiger partial charge in [-0.1, -0.05) is 0 Å². The second-order valence-electron chi connectivity index (χ2n) is 1.31. The molecule has 0 saturated carbocycles. The Labute approximate surface area is 61.8 Å². The number of carbonyl (C=O) groups excluding carboxylic acids is 1. The Bertz CT molecular complexity index is 162. The lowest BCUT2D eigenvalue weighted by Crippen LogP contribution is -2.00. The zero-order valence-corrected chi connectivity index (χ0v) is 6.55. The molecule has 0 aromatic rings. The largest absolute Gasteiger partial charge is 0.395 e. The number of allylic oxidation sites excluding steroid dienone is 2. The molecule has 0 aliphatic carbocycles. The molecule has 0 aromatic carbocycles. The molecule has 0 aromatic heterocycles. The van der Waals surface area contributed by atoms with Crippen LogP contribution in [0, 0.1) is 0 Å². The molecule has 0 aliphatic rings. The number of hydrogen-bond acceptors (Lipinski definition) is 3. The van der Waals surface area contributed by atoms with Crippen molar-refractivity contribution in [2.24, 2.45) is 10.7 Å². The fraction of sp³-hybridized carbons (Fsp3) is 0.200. The average molecular weight is 191 g/mol. The quantitative estimate of drug-likeness (QED) is 0.391. The summed E-state index contributed by atoms with van der Waals surface area (Å²) < 4.78 is 0.514. The van der Waals surface area contributed by atoms with E-state index in [1.165, 1.54) is 6.21 Å². The summed E-state index contributed by atoms with van der Waals surface area (Å²) in [5, 5.41) is 0. The van der Waals surface area contributed by atoms with Gasteiger partial charge in [0.05, 0.1) is 10.2 Å². The van der Waals surface area contributed by atoms with Crippen LogP contribution < -0.4 is 5.73 Å². The van der Waals surface area contributed by atoms with E-state index < -0.39 is 0 Å². The average Bonchev–Trinajstić information content (AvgIpc) is 1.87. The molecule has 0 fully saturated rings. The first-order valence-corrected chi connectivity index (χ1v) is 3.04. The highest BCUT2D eigenvalue weighted by atomic mass is 79.9. The molecule has 0 spiro atoms. The molecule has 0 unspecified atom stereocenters. The number of nitrogens with zero attached hydrogens (tertiary/aromatic N) is 1. The third kappa shape index (κ3) is 3.03. The van der Waals surface area contributed by atoms with Gasteiger partial charge in [0.25, 0.3) is 0 Å². The van der Waals surface area contributed by atoms with Crippen LogP contribution in [0.4, 0.5) is 0 Å². The normalized spacial score (nSPS) is 13.6. The first-order chi connectivity index (χ1) is 4.22. The zero-order valence-electron chi connectivity index (χ0n) is 4.97. The van der Waals surface area contributed by atoms with Crippen molar-refractivity contribution in [1.82, 2.24) is 0 Å². The summed E-state index contributed by atoms with van der Waals surface area (Å²) in [6, 6.07) is 0. The maximum Gasteiger partial charge on any atom is 0.166 e. The van der Waals surface area contributed by atoms with Crippen molar-refractivity contribution in [3.05, 3.63) is 10.2 Å². The fourth-order valence-electron chi connectivity index (χ4n) is 0.244. The number of aliphatic imine (C=N–C) groups is 1. The Kier molecular flexibility index (Phi) is 3.96. The van der Waals surface area contributed by atoms with Crippen LogP contribution in [-0.2, 0) is 4.79 Å². The lowest BCUT2D eigenvalue weighted by Gasteiger charge is -1.88. The van der Waals surface area contributed by atoms with Crippen molar-refractivity contribution >= 4 is 28.4 Å². The maximum atomic E-state index is 9.95. The van der Waals surface area contributed by atoms with Crippen LogP contribution in [-0.4, -0.2) is 19.5 Å². The molecular formula is C5H7BrN2O. The second kappa shape index (κ2) is 4.26. The molecule has 0 radical (unpaired) electrons. The highest BCUT2D eigenvalue weighted by molar-refractivity contribution is 9.12. The molecule has 0 heterocycles. The van der Waals surface area contributed by atoms with Gasteiger partial charge in [0, 0.05) is 13.3 Å². The number of halogens is 1. The topological polar surface area (TPSA) is 55.4 Å². The van der Waals surface area contributed by atoms with E-state index in [2.05, 4.69) is 20.9 Å². The highest BCUT2D eigenvalue weighted by Gasteiger charge is 1.91. The SMILES string of the molecule is CN=CC(Br)=C(N)C=O. The van der Waals surface area contributed by atoms with Crippen molar-refractivity contribution in [3.63, 3.8) is 0 Å². The summed E-state index contributed by atoms with van der Waals surface area (Å²) in [5.41, 5.74) is 5.33. The minimum Gasteiger partial charge on any atom is -0.395 e. The molecule has 4 heteroatoms. The van der Waals surface area contributed by atoms with Crippen molar-refractivity contribution in [3.8, 4) is 0 Å². The number of rotatable bonds is 2. The molecule has 0 saturated heterocycles. The molecule has 0 atom stereocenters. The van der Waals surface area contributed by atoms with Crippen LogP contribution >= 0.6 is 15.9 Å². The van der Waals surface area contributed by atoms with E-state index in [1.807, 2.05) is 0 Å². The smallest absolute Gasteiger partial charge is 0.166 e.